The van der Waals surface area contributed by atoms with Gasteiger partial charge in [0, 0.05) is 24.0 Å². The average Bonchev–Trinajstić information content (AvgIpc) is 2.80. The Morgan fingerprint density at radius 1 is 1.35 bits per heavy atom. The van der Waals surface area contributed by atoms with Gasteiger partial charge in [0.1, 0.15) is 5.60 Å². The van der Waals surface area contributed by atoms with Crippen molar-refractivity contribution in [3.63, 3.8) is 0 Å². The fourth-order valence-electron chi connectivity index (χ4n) is 2.32. The Bertz CT molecular complexity index is 494. The molecule has 2 atom stereocenters. The largest absolute Gasteiger partial charge is 0.444 e. The van der Waals surface area contributed by atoms with E-state index in [0.29, 0.717) is 12.5 Å². The number of rotatable bonds is 7. The molecule has 0 radical (unpaired) electrons. The van der Waals surface area contributed by atoms with Gasteiger partial charge in [0.05, 0.1) is 10.7 Å². The Hall–Kier alpha value is -1.14. The van der Waals surface area contributed by atoms with Crippen LogP contribution in [-0.4, -0.2) is 29.3 Å². The molecule has 6 heteroatoms. The first-order chi connectivity index (χ1) is 10.6. The molecule has 0 fully saturated rings. The van der Waals surface area contributed by atoms with Crippen LogP contribution in [0.15, 0.2) is 5.38 Å². The number of aryl methyl sites for hydroxylation is 1. The third-order valence-electron chi connectivity index (χ3n) is 3.21. The molecule has 23 heavy (non-hydrogen) atoms. The van der Waals surface area contributed by atoms with E-state index in [1.54, 1.807) is 11.3 Å². The summed E-state index contributed by atoms with van der Waals surface area (Å²) in [6, 6.07) is 0.337. The lowest BCUT2D eigenvalue weighted by Gasteiger charge is -2.26. The summed E-state index contributed by atoms with van der Waals surface area (Å²) >= 11 is 1.66. The number of aromatic nitrogens is 1. The number of hydrogen-bond donors (Lipinski definition) is 2. The van der Waals surface area contributed by atoms with E-state index in [1.165, 1.54) is 0 Å². The van der Waals surface area contributed by atoms with Gasteiger partial charge in [-0.25, -0.2) is 9.78 Å². The Balaban J connectivity index is 2.57. The molecule has 0 aliphatic carbocycles. The van der Waals surface area contributed by atoms with Crippen LogP contribution in [0.5, 0.6) is 0 Å². The SMILES string of the molecule is Cc1nc(C(C)NC(CNC(=O)OC(C)(C)C)CC(C)C)cs1. The fourth-order valence-corrected chi connectivity index (χ4v) is 3.02. The summed E-state index contributed by atoms with van der Waals surface area (Å²) in [5.41, 5.74) is 0.578. The minimum Gasteiger partial charge on any atom is -0.444 e. The number of nitrogens with one attached hydrogen (secondary N) is 2. The van der Waals surface area contributed by atoms with Crippen LogP contribution in [0.3, 0.4) is 0 Å². The second-order valence-electron chi connectivity index (χ2n) is 7.39. The van der Waals surface area contributed by atoms with Crippen LogP contribution in [0.1, 0.15) is 64.7 Å². The van der Waals surface area contributed by atoms with Gasteiger partial charge in [0.15, 0.2) is 0 Å². The number of hydrogen-bond acceptors (Lipinski definition) is 5. The van der Waals surface area contributed by atoms with Crippen molar-refractivity contribution in [1.82, 2.24) is 15.6 Å². The van der Waals surface area contributed by atoms with Crippen molar-refractivity contribution >= 4 is 17.4 Å². The van der Waals surface area contributed by atoms with Crippen molar-refractivity contribution in [1.29, 1.82) is 0 Å². The zero-order valence-electron chi connectivity index (χ0n) is 15.4. The first-order valence-corrected chi connectivity index (χ1v) is 9.09. The lowest BCUT2D eigenvalue weighted by Crippen LogP contribution is -2.44. The highest BCUT2D eigenvalue weighted by Crippen LogP contribution is 2.17. The molecule has 1 aromatic rings. The first kappa shape index (κ1) is 19.9. The smallest absolute Gasteiger partial charge is 0.407 e. The molecule has 0 saturated carbocycles. The summed E-state index contributed by atoms with van der Waals surface area (Å²) in [4.78, 5) is 16.4. The van der Waals surface area contributed by atoms with Crippen LogP contribution in [0.2, 0.25) is 0 Å². The first-order valence-electron chi connectivity index (χ1n) is 8.21. The van der Waals surface area contributed by atoms with E-state index in [2.05, 4.69) is 41.8 Å². The van der Waals surface area contributed by atoms with E-state index in [1.807, 2.05) is 27.7 Å². The number of alkyl carbamates (subject to hydrolysis) is 1. The second kappa shape index (κ2) is 8.64. The summed E-state index contributed by atoms with van der Waals surface area (Å²) in [7, 11) is 0. The highest BCUT2D eigenvalue weighted by atomic mass is 32.1. The van der Waals surface area contributed by atoms with Crippen LogP contribution in [0.25, 0.3) is 0 Å². The highest BCUT2D eigenvalue weighted by molar-refractivity contribution is 7.09. The summed E-state index contributed by atoms with van der Waals surface area (Å²) in [5, 5.41) is 9.59. The van der Waals surface area contributed by atoms with Crippen LogP contribution in [0.4, 0.5) is 4.79 Å². The molecule has 5 nitrogen and oxygen atoms in total. The standard InChI is InChI=1S/C17H31N3O2S/c1-11(2)8-14(9-18-16(21)22-17(5,6)7)19-12(3)15-10-23-13(4)20-15/h10-12,14,19H,8-9H2,1-7H3,(H,18,21). The minimum absolute atomic E-state index is 0.157. The molecule has 132 valence electrons. The van der Waals surface area contributed by atoms with E-state index < -0.39 is 5.60 Å². The lowest BCUT2D eigenvalue weighted by molar-refractivity contribution is 0.0520. The maximum absolute atomic E-state index is 11.8. The van der Waals surface area contributed by atoms with Crippen LogP contribution in [-0.2, 0) is 4.74 Å². The van der Waals surface area contributed by atoms with E-state index in [0.717, 1.165) is 17.1 Å². The molecule has 1 rings (SSSR count). The molecule has 0 aromatic carbocycles. The summed E-state index contributed by atoms with van der Waals surface area (Å²) in [5.74, 6) is 0.539. The third-order valence-corrected chi connectivity index (χ3v) is 4.01. The van der Waals surface area contributed by atoms with Crippen LogP contribution >= 0.6 is 11.3 Å². The molecule has 1 aromatic heterocycles. The zero-order chi connectivity index (χ0) is 17.6. The normalized spacial score (nSPS) is 14.6. The number of carbonyl (C=O) groups is 1. The molecule has 0 aliphatic heterocycles. The fraction of sp³-hybridized carbons (Fsp3) is 0.765. The van der Waals surface area contributed by atoms with Gasteiger partial charge in [0.2, 0.25) is 0 Å². The van der Waals surface area contributed by atoms with Crippen molar-refractivity contribution in [3.8, 4) is 0 Å². The van der Waals surface area contributed by atoms with Gasteiger partial charge in [-0.2, -0.15) is 0 Å². The van der Waals surface area contributed by atoms with Crippen molar-refractivity contribution in [3.05, 3.63) is 16.1 Å². The Kier molecular flexibility index (Phi) is 7.48. The number of thiazole rings is 1. The molecule has 2 unspecified atom stereocenters. The van der Waals surface area contributed by atoms with Crippen LogP contribution < -0.4 is 10.6 Å². The van der Waals surface area contributed by atoms with Gasteiger partial charge < -0.3 is 15.4 Å². The molecule has 1 amide bonds. The quantitative estimate of drug-likeness (QED) is 0.785. The van der Waals surface area contributed by atoms with Gasteiger partial charge in [-0.05, 0) is 47.0 Å². The Labute approximate surface area is 144 Å². The Morgan fingerprint density at radius 3 is 2.48 bits per heavy atom. The molecule has 0 saturated heterocycles. The lowest BCUT2D eigenvalue weighted by atomic mass is 10.0. The number of carbonyl (C=O) groups excluding carboxylic acids is 1. The molecule has 0 aliphatic rings. The Morgan fingerprint density at radius 2 is 2.00 bits per heavy atom. The topological polar surface area (TPSA) is 63.2 Å². The summed E-state index contributed by atoms with van der Waals surface area (Å²) in [6.45, 7) is 14.6. The molecule has 1 heterocycles. The van der Waals surface area contributed by atoms with Crippen molar-refractivity contribution in [2.24, 2.45) is 5.92 Å². The van der Waals surface area contributed by atoms with E-state index in [-0.39, 0.29) is 18.2 Å². The number of ether oxygens (including phenoxy) is 1. The van der Waals surface area contributed by atoms with Gasteiger partial charge >= 0.3 is 6.09 Å². The monoisotopic (exact) mass is 341 g/mol. The van der Waals surface area contributed by atoms with Crippen molar-refractivity contribution in [2.45, 2.75) is 72.6 Å². The molecule has 2 N–H and O–H groups in total. The molecular weight excluding hydrogens is 310 g/mol. The zero-order valence-corrected chi connectivity index (χ0v) is 16.2. The number of amides is 1. The third kappa shape index (κ3) is 8.32. The van der Waals surface area contributed by atoms with E-state index in [4.69, 9.17) is 4.74 Å². The second-order valence-corrected chi connectivity index (χ2v) is 8.45. The molecular formula is C17H31N3O2S. The maximum atomic E-state index is 11.8. The van der Waals surface area contributed by atoms with Gasteiger partial charge in [-0.3, -0.25) is 0 Å². The maximum Gasteiger partial charge on any atom is 0.407 e. The number of nitrogens with zero attached hydrogens (tertiary/aromatic N) is 1. The van der Waals surface area contributed by atoms with Crippen LogP contribution in [0, 0.1) is 12.8 Å². The molecule has 0 spiro atoms. The van der Waals surface area contributed by atoms with Gasteiger partial charge in [-0.1, -0.05) is 13.8 Å². The summed E-state index contributed by atoms with van der Waals surface area (Å²) in [6.07, 6.45) is 0.605. The summed E-state index contributed by atoms with van der Waals surface area (Å²) < 4.78 is 5.30. The van der Waals surface area contributed by atoms with Gasteiger partial charge in [-0.15, -0.1) is 11.3 Å². The predicted molar refractivity (Wildman–Crippen MR) is 95.9 cm³/mol. The van der Waals surface area contributed by atoms with E-state index in [9.17, 15) is 4.79 Å². The van der Waals surface area contributed by atoms with E-state index >= 15 is 0 Å². The minimum atomic E-state index is -0.476. The van der Waals surface area contributed by atoms with Crippen molar-refractivity contribution in [2.75, 3.05) is 6.54 Å². The predicted octanol–water partition coefficient (Wildman–Crippen LogP) is 4.04. The highest BCUT2D eigenvalue weighted by Gasteiger charge is 2.20. The average molecular weight is 342 g/mol. The molecule has 0 bridgehead atoms. The van der Waals surface area contributed by atoms with Gasteiger partial charge in [0.25, 0.3) is 0 Å². The van der Waals surface area contributed by atoms with Crippen molar-refractivity contribution < 1.29 is 9.53 Å².